The smallest absolute Gasteiger partial charge is 0.174 e. The molecule has 172 valence electrons. The molecule has 0 saturated carbocycles. The average Bonchev–Trinajstić information content (AvgIpc) is 2.74. The van der Waals surface area contributed by atoms with Gasteiger partial charge in [-0.2, -0.15) is 0 Å². The Labute approximate surface area is 181 Å². The number of Topliss-reactive ketones (excluding diaryl/α,β-unsaturated/α-hetero) is 1. The van der Waals surface area contributed by atoms with Crippen LogP contribution in [0.15, 0.2) is 24.3 Å². The molecule has 0 amide bonds. The Morgan fingerprint density at radius 1 is 0.906 bits per heavy atom. The highest BCUT2D eigenvalue weighted by atomic mass is 16.5. The van der Waals surface area contributed by atoms with Crippen molar-refractivity contribution in [2.75, 3.05) is 6.61 Å². The second-order valence-corrected chi connectivity index (χ2v) is 7.76. The molecule has 1 fully saturated rings. The van der Waals surface area contributed by atoms with Gasteiger partial charge in [0, 0.05) is 6.07 Å². The van der Waals surface area contributed by atoms with Gasteiger partial charge in [0.25, 0.3) is 0 Å². The molecule has 11 nitrogen and oxygen atoms in total. The number of phenolic OH excluding ortho intramolecular Hbond substituents is 4. The number of ether oxygens (including phenoxy) is 2. The zero-order valence-corrected chi connectivity index (χ0v) is 16.5. The Kier molecular flexibility index (Phi) is 5.61. The van der Waals surface area contributed by atoms with E-state index in [9.17, 15) is 45.6 Å². The molecule has 2 aliphatic rings. The Balaban J connectivity index is 1.72. The number of rotatable bonds is 3. The zero-order valence-electron chi connectivity index (χ0n) is 16.5. The summed E-state index contributed by atoms with van der Waals surface area (Å²) in [4.78, 5) is 12.8. The van der Waals surface area contributed by atoms with Crippen LogP contribution in [-0.4, -0.2) is 77.7 Å². The number of carbonyl (C=O) groups excluding carboxylic acids is 1. The van der Waals surface area contributed by atoms with E-state index in [-0.39, 0.29) is 23.5 Å². The van der Waals surface area contributed by atoms with Crippen molar-refractivity contribution in [3.63, 3.8) is 0 Å². The predicted octanol–water partition coefficient (Wildman–Crippen LogP) is -0.270. The monoisotopic (exact) mass is 450 g/mol. The van der Waals surface area contributed by atoms with Crippen molar-refractivity contribution in [2.24, 2.45) is 0 Å². The quantitative estimate of drug-likeness (QED) is 0.287. The Bertz CT molecular complexity index is 1050. The number of hydrogen-bond donors (Lipinski definition) is 8. The molecule has 2 aromatic carbocycles. The number of phenols is 4. The molecule has 2 aromatic rings. The molecule has 8 N–H and O–H groups in total. The Morgan fingerprint density at radius 2 is 1.62 bits per heavy atom. The number of aliphatic hydroxyl groups is 4. The van der Waals surface area contributed by atoms with E-state index in [1.807, 2.05) is 0 Å². The standard InChI is InChI=1S/C21H22O11/c22-6-14-17(27)19(29)20(30)21(32-14)16-11(26)5-13-15(18(16)28)10(25)4-12(31-13)7-1-2-8(23)9(24)3-7/h1-3,5,12,14,17,19-24,26-30H,4,6H2/t12-,14-,17+,19+,20+,21-/m0/s1. The molecular formula is C21H22O11. The minimum absolute atomic E-state index is 0.165. The van der Waals surface area contributed by atoms with Gasteiger partial charge in [-0.05, 0) is 17.7 Å². The number of aromatic hydroxyl groups is 4. The fourth-order valence-corrected chi connectivity index (χ4v) is 4.02. The van der Waals surface area contributed by atoms with Crippen LogP contribution in [0, 0.1) is 0 Å². The molecule has 1 saturated heterocycles. The summed E-state index contributed by atoms with van der Waals surface area (Å²) in [5.41, 5.74) is -0.316. The van der Waals surface area contributed by atoms with Crippen molar-refractivity contribution in [3.05, 3.63) is 41.0 Å². The number of ketones is 1. The van der Waals surface area contributed by atoms with E-state index < -0.39 is 71.8 Å². The Hall–Kier alpha value is -3.09. The lowest BCUT2D eigenvalue weighted by atomic mass is 9.87. The lowest BCUT2D eigenvalue weighted by molar-refractivity contribution is -0.232. The minimum atomic E-state index is -1.78. The summed E-state index contributed by atoms with van der Waals surface area (Å²) in [6, 6.07) is 4.93. The SMILES string of the molecule is O=C1C[C@@H](c2ccc(O)c(O)c2)Oc2cc(O)c([C@@H]3O[C@@H](CO)[C@@H](O)[C@@H](O)[C@H]3O)c(O)c21. The second-order valence-electron chi connectivity index (χ2n) is 7.76. The Morgan fingerprint density at radius 3 is 2.28 bits per heavy atom. The molecule has 6 atom stereocenters. The van der Waals surface area contributed by atoms with E-state index >= 15 is 0 Å². The van der Waals surface area contributed by atoms with Gasteiger partial charge in [0.05, 0.1) is 18.6 Å². The summed E-state index contributed by atoms with van der Waals surface area (Å²) in [5, 5.41) is 80.1. The van der Waals surface area contributed by atoms with Gasteiger partial charge in [0.2, 0.25) is 0 Å². The number of fused-ring (bicyclic) bond motifs is 1. The van der Waals surface area contributed by atoms with Crippen LogP contribution in [0.4, 0.5) is 0 Å². The maximum Gasteiger partial charge on any atom is 0.174 e. The molecule has 0 aromatic heterocycles. The van der Waals surface area contributed by atoms with Crippen molar-refractivity contribution >= 4 is 5.78 Å². The molecule has 0 spiro atoms. The molecule has 32 heavy (non-hydrogen) atoms. The maximum absolute atomic E-state index is 12.8. The van der Waals surface area contributed by atoms with Crippen molar-refractivity contribution < 1.29 is 55.1 Å². The number of carbonyl (C=O) groups is 1. The van der Waals surface area contributed by atoms with E-state index in [0.717, 1.165) is 6.07 Å². The fourth-order valence-electron chi connectivity index (χ4n) is 4.02. The number of benzene rings is 2. The summed E-state index contributed by atoms with van der Waals surface area (Å²) in [6.45, 7) is -0.711. The molecule has 11 heteroatoms. The molecule has 4 rings (SSSR count). The first kappa shape index (κ1) is 22.1. The zero-order chi connectivity index (χ0) is 23.3. The van der Waals surface area contributed by atoms with Crippen LogP contribution in [0.5, 0.6) is 28.7 Å². The molecule has 0 unspecified atom stereocenters. The van der Waals surface area contributed by atoms with E-state index in [0.29, 0.717) is 5.56 Å². The molecule has 0 bridgehead atoms. The summed E-state index contributed by atoms with van der Waals surface area (Å²) in [7, 11) is 0. The first-order chi connectivity index (χ1) is 15.1. The van der Waals surface area contributed by atoms with Gasteiger partial charge >= 0.3 is 0 Å². The molecule has 0 radical (unpaired) electrons. The van der Waals surface area contributed by atoms with Crippen LogP contribution < -0.4 is 4.74 Å². The summed E-state index contributed by atoms with van der Waals surface area (Å²) >= 11 is 0. The van der Waals surface area contributed by atoms with Gasteiger partial charge in [-0.25, -0.2) is 0 Å². The van der Waals surface area contributed by atoms with E-state index in [1.54, 1.807) is 0 Å². The second kappa shape index (κ2) is 8.11. The van der Waals surface area contributed by atoms with Crippen molar-refractivity contribution in [3.8, 4) is 28.7 Å². The van der Waals surface area contributed by atoms with Crippen LogP contribution in [-0.2, 0) is 4.74 Å². The van der Waals surface area contributed by atoms with Crippen LogP contribution >= 0.6 is 0 Å². The maximum atomic E-state index is 12.8. The van der Waals surface area contributed by atoms with Gasteiger partial charge in [0.1, 0.15) is 59.4 Å². The van der Waals surface area contributed by atoms with Gasteiger partial charge in [-0.1, -0.05) is 6.07 Å². The van der Waals surface area contributed by atoms with E-state index in [1.165, 1.54) is 18.2 Å². The van der Waals surface area contributed by atoms with Crippen LogP contribution in [0.1, 0.15) is 40.1 Å². The lowest BCUT2D eigenvalue weighted by Gasteiger charge is -2.40. The highest BCUT2D eigenvalue weighted by Gasteiger charge is 2.47. The van der Waals surface area contributed by atoms with Gasteiger partial charge in [-0.15, -0.1) is 0 Å². The summed E-state index contributed by atoms with van der Waals surface area (Å²) in [5.74, 6) is -2.85. The van der Waals surface area contributed by atoms with E-state index in [4.69, 9.17) is 9.47 Å². The predicted molar refractivity (Wildman–Crippen MR) is 105 cm³/mol. The molecule has 2 aliphatic heterocycles. The summed E-state index contributed by atoms with van der Waals surface area (Å²) < 4.78 is 11.1. The van der Waals surface area contributed by atoms with Crippen LogP contribution in [0.2, 0.25) is 0 Å². The van der Waals surface area contributed by atoms with Crippen molar-refractivity contribution in [2.45, 2.75) is 43.0 Å². The van der Waals surface area contributed by atoms with Crippen LogP contribution in [0.3, 0.4) is 0 Å². The largest absolute Gasteiger partial charge is 0.507 e. The third kappa shape index (κ3) is 3.49. The first-order valence-corrected chi connectivity index (χ1v) is 9.75. The van der Waals surface area contributed by atoms with Gasteiger partial charge in [-0.3, -0.25) is 4.79 Å². The number of hydrogen-bond acceptors (Lipinski definition) is 11. The lowest BCUT2D eigenvalue weighted by Crippen LogP contribution is -2.55. The van der Waals surface area contributed by atoms with Gasteiger partial charge in [0.15, 0.2) is 17.3 Å². The number of aliphatic hydroxyl groups excluding tert-OH is 4. The summed E-state index contributed by atoms with van der Waals surface area (Å²) in [6.07, 6.45) is -9.14. The van der Waals surface area contributed by atoms with E-state index in [2.05, 4.69) is 0 Å². The first-order valence-electron chi connectivity index (χ1n) is 9.75. The average molecular weight is 450 g/mol. The van der Waals surface area contributed by atoms with Gasteiger partial charge < -0.3 is 50.3 Å². The molecular weight excluding hydrogens is 428 g/mol. The highest BCUT2D eigenvalue weighted by Crippen LogP contribution is 2.49. The highest BCUT2D eigenvalue weighted by molar-refractivity contribution is 6.03. The van der Waals surface area contributed by atoms with Crippen molar-refractivity contribution in [1.82, 2.24) is 0 Å². The normalized spacial score (nSPS) is 29.9. The fraction of sp³-hybridized carbons (Fsp3) is 0.381. The third-order valence-corrected chi connectivity index (χ3v) is 5.75. The minimum Gasteiger partial charge on any atom is -0.507 e. The third-order valence-electron chi connectivity index (χ3n) is 5.75. The van der Waals surface area contributed by atoms with Crippen LogP contribution in [0.25, 0.3) is 0 Å². The topological polar surface area (TPSA) is 197 Å². The van der Waals surface area contributed by atoms with Crippen molar-refractivity contribution in [1.29, 1.82) is 0 Å². The molecule has 2 heterocycles. The molecule has 0 aliphatic carbocycles.